The second-order valence-corrected chi connectivity index (χ2v) is 8.46. The van der Waals surface area contributed by atoms with Crippen molar-refractivity contribution in [3.63, 3.8) is 0 Å². The van der Waals surface area contributed by atoms with Crippen LogP contribution >= 0.6 is 0 Å². The van der Waals surface area contributed by atoms with Crippen LogP contribution in [-0.4, -0.2) is 32.1 Å². The minimum absolute atomic E-state index is 0.0561. The van der Waals surface area contributed by atoms with Gasteiger partial charge in [0.2, 0.25) is 0 Å². The number of imidazole rings is 1. The molecule has 0 spiro atoms. The Labute approximate surface area is 174 Å². The fourth-order valence-corrected chi connectivity index (χ4v) is 4.75. The highest BCUT2D eigenvalue weighted by Gasteiger charge is 2.27. The first-order valence-corrected chi connectivity index (χ1v) is 10.8. The van der Waals surface area contributed by atoms with E-state index in [-0.39, 0.29) is 17.8 Å². The standard InChI is InChI=1S/C23H26FN5O/c24-16-8-6-14(7-9-16)21-18(13-25-29-21)23(30)26-17-10-11-19-20(12-17)28-22(27-19)15-4-2-1-3-5-15/h6-9,13,15,17H,1-5,10-12H2,(H,25,29)(H,26,30)(H,27,28). The van der Waals surface area contributed by atoms with Gasteiger partial charge in [0.25, 0.3) is 5.91 Å². The molecule has 0 aliphatic heterocycles. The normalized spacial score (nSPS) is 19.4. The zero-order chi connectivity index (χ0) is 20.5. The summed E-state index contributed by atoms with van der Waals surface area (Å²) in [7, 11) is 0. The third kappa shape index (κ3) is 3.76. The molecule has 30 heavy (non-hydrogen) atoms. The molecule has 156 valence electrons. The van der Waals surface area contributed by atoms with Gasteiger partial charge in [0.1, 0.15) is 11.6 Å². The summed E-state index contributed by atoms with van der Waals surface area (Å²) in [6, 6.07) is 6.10. The number of H-pyrrole nitrogens is 2. The molecular formula is C23H26FN5O. The molecule has 7 heteroatoms. The van der Waals surface area contributed by atoms with Crippen molar-refractivity contribution in [1.82, 2.24) is 25.5 Å². The molecule has 1 atom stereocenters. The number of amides is 1. The molecule has 2 aromatic heterocycles. The number of aryl methyl sites for hydroxylation is 1. The van der Waals surface area contributed by atoms with Gasteiger partial charge in [-0.1, -0.05) is 19.3 Å². The molecule has 0 saturated heterocycles. The maximum atomic E-state index is 13.2. The van der Waals surface area contributed by atoms with Crippen molar-refractivity contribution in [3.05, 3.63) is 59.1 Å². The van der Waals surface area contributed by atoms with E-state index in [1.54, 1.807) is 12.1 Å². The summed E-state index contributed by atoms with van der Waals surface area (Å²) >= 11 is 0. The first kappa shape index (κ1) is 19.0. The molecular weight excluding hydrogens is 381 g/mol. The van der Waals surface area contributed by atoms with Crippen molar-refractivity contribution in [2.24, 2.45) is 0 Å². The van der Waals surface area contributed by atoms with Crippen molar-refractivity contribution in [2.45, 2.75) is 63.3 Å². The minimum atomic E-state index is -0.311. The highest BCUT2D eigenvalue weighted by atomic mass is 19.1. The lowest BCUT2D eigenvalue weighted by molar-refractivity contribution is 0.0934. The Bertz CT molecular complexity index is 1030. The van der Waals surface area contributed by atoms with E-state index >= 15 is 0 Å². The number of carbonyl (C=O) groups excluding carboxylic acids is 1. The first-order valence-electron chi connectivity index (χ1n) is 10.8. The molecule has 1 amide bonds. The van der Waals surface area contributed by atoms with Gasteiger partial charge in [0.05, 0.1) is 23.1 Å². The van der Waals surface area contributed by atoms with Gasteiger partial charge in [0, 0.05) is 29.6 Å². The number of aromatic nitrogens is 4. The van der Waals surface area contributed by atoms with E-state index in [4.69, 9.17) is 4.98 Å². The number of halogens is 1. The van der Waals surface area contributed by atoms with Gasteiger partial charge in [-0.15, -0.1) is 0 Å². The van der Waals surface area contributed by atoms with Crippen LogP contribution in [-0.2, 0) is 12.8 Å². The van der Waals surface area contributed by atoms with Crippen LogP contribution in [0.2, 0.25) is 0 Å². The number of fused-ring (bicyclic) bond motifs is 1. The van der Waals surface area contributed by atoms with Crippen LogP contribution in [0, 0.1) is 5.82 Å². The van der Waals surface area contributed by atoms with Gasteiger partial charge in [-0.25, -0.2) is 9.37 Å². The number of nitrogens with one attached hydrogen (secondary N) is 3. The van der Waals surface area contributed by atoms with E-state index in [9.17, 15) is 9.18 Å². The van der Waals surface area contributed by atoms with Crippen LogP contribution in [0.25, 0.3) is 11.3 Å². The number of carbonyl (C=O) groups is 1. The third-order valence-electron chi connectivity index (χ3n) is 6.41. The number of hydrogen-bond donors (Lipinski definition) is 3. The molecule has 3 aromatic rings. The molecule has 3 N–H and O–H groups in total. The molecule has 0 radical (unpaired) electrons. The summed E-state index contributed by atoms with van der Waals surface area (Å²) in [5.74, 6) is 1.22. The van der Waals surface area contributed by atoms with Crippen molar-refractivity contribution in [3.8, 4) is 11.3 Å². The monoisotopic (exact) mass is 407 g/mol. The minimum Gasteiger partial charge on any atom is -0.349 e. The summed E-state index contributed by atoms with van der Waals surface area (Å²) in [6.07, 6.45) is 10.4. The first-order chi connectivity index (χ1) is 14.7. The van der Waals surface area contributed by atoms with E-state index in [0.717, 1.165) is 42.0 Å². The summed E-state index contributed by atoms with van der Waals surface area (Å²) in [4.78, 5) is 21.4. The summed E-state index contributed by atoms with van der Waals surface area (Å²) in [5.41, 5.74) is 4.13. The van der Waals surface area contributed by atoms with E-state index in [1.165, 1.54) is 50.4 Å². The summed E-state index contributed by atoms with van der Waals surface area (Å²) < 4.78 is 13.2. The molecule has 2 aliphatic rings. The highest BCUT2D eigenvalue weighted by Crippen LogP contribution is 2.33. The van der Waals surface area contributed by atoms with Crippen LogP contribution in [0.4, 0.5) is 4.39 Å². The predicted octanol–water partition coefficient (Wildman–Crippen LogP) is 4.27. The average Bonchev–Trinajstić information content (AvgIpc) is 3.42. The molecule has 1 aromatic carbocycles. The van der Waals surface area contributed by atoms with Crippen molar-refractivity contribution < 1.29 is 9.18 Å². The van der Waals surface area contributed by atoms with Gasteiger partial charge in [-0.05, 0) is 49.9 Å². The van der Waals surface area contributed by atoms with Crippen molar-refractivity contribution in [1.29, 1.82) is 0 Å². The fraction of sp³-hybridized carbons (Fsp3) is 0.435. The zero-order valence-corrected chi connectivity index (χ0v) is 16.9. The number of benzene rings is 1. The Morgan fingerprint density at radius 3 is 2.70 bits per heavy atom. The Morgan fingerprint density at radius 2 is 1.90 bits per heavy atom. The molecule has 2 aliphatic carbocycles. The van der Waals surface area contributed by atoms with Gasteiger partial charge in [-0.2, -0.15) is 5.10 Å². The van der Waals surface area contributed by atoms with Gasteiger partial charge in [0.15, 0.2) is 0 Å². The largest absolute Gasteiger partial charge is 0.349 e. The molecule has 0 bridgehead atoms. The lowest BCUT2D eigenvalue weighted by Crippen LogP contribution is -2.39. The van der Waals surface area contributed by atoms with Crippen molar-refractivity contribution >= 4 is 5.91 Å². The number of rotatable bonds is 4. The number of aromatic amines is 2. The van der Waals surface area contributed by atoms with E-state index in [0.29, 0.717) is 17.2 Å². The quantitative estimate of drug-likeness (QED) is 0.603. The van der Waals surface area contributed by atoms with Gasteiger partial charge < -0.3 is 10.3 Å². The van der Waals surface area contributed by atoms with Crippen LogP contribution < -0.4 is 5.32 Å². The van der Waals surface area contributed by atoms with Crippen LogP contribution in [0.15, 0.2) is 30.5 Å². The number of hydrogen-bond acceptors (Lipinski definition) is 3. The Kier molecular flexibility index (Phi) is 5.11. The van der Waals surface area contributed by atoms with Crippen molar-refractivity contribution in [2.75, 3.05) is 0 Å². The highest BCUT2D eigenvalue weighted by molar-refractivity contribution is 5.99. The summed E-state index contributed by atoms with van der Waals surface area (Å²) in [5, 5.41) is 10.0. The Balaban J connectivity index is 1.28. The van der Waals surface area contributed by atoms with Gasteiger partial charge >= 0.3 is 0 Å². The molecule has 1 fully saturated rings. The van der Waals surface area contributed by atoms with Gasteiger partial charge in [-0.3, -0.25) is 9.89 Å². The van der Waals surface area contributed by atoms with Crippen LogP contribution in [0.1, 0.15) is 72.0 Å². The molecule has 1 saturated carbocycles. The topological polar surface area (TPSA) is 86.5 Å². The average molecular weight is 407 g/mol. The lowest BCUT2D eigenvalue weighted by Gasteiger charge is -2.22. The smallest absolute Gasteiger partial charge is 0.255 e. The van der Waals surface area contributed by atoms with E-state index in [2.05, 4.69) is 20.5 Å². The van der Waals surface area contributed by atoms with E-state index < -0.39 is 0 Å². The fourth-order valence-electron chi connectivity index (χ4n) is 4.75. The third-order valence-corrected chi connectivity index (χ3v) is 6.41. The zero-order valence-electron chi connectivity index (χ0n) is 16.9. The Morgan fingerprint density at radius 1 is 1.10 bits per heavy atom. The molecule has 6 nitrogen and oxygen atoms in total. The van der Waals surface area contributed by atoms with Crippen LogP contribution in [0.3, 0.4) is 0 Å². The molecule has 2 heterocycles. The Hall–Kier alpha value is -2.96. The molecule has 5 rings (SSSR count). The molecule has 1 unspecified atom stereocenters. The maximum absolute atomic E-state index is 13.2. The number of nitrogens with zero attached hydrogens (tertiary/aromatic N) is 2. The summed E-state index contributed by atoms with van der Waals surface area (Å²) in [6.45, 7) is 0. The second kappa shape index (κ2) is 8.05. The maximum Gasteiger partial charge on any atom is 0.255 e. The SMILES string of the molecule is O=C(NC1CCc2nc(C3CCCCC3)[nH]c2C1)c1cn[nH]c1-c1ccc(F)cc1. The second-order valence-electron chi connectivity index (χ2n) is 8.46. The predicted molar refractivity (Wildman–Crippen MR) is 112 cm³/mol. The van der Waals surface area contributed by atoms with Crippen LogP contribution in [0.5, 0.6) is 0 Å². The van der Waals surface area contributed by atoms with E-state index in [1.807, 2.05) is 0 Å². The lowest BCUT2D eigenvalue weighted by atomic mass is 9.89.